The van der Waals surface area contributed by atoms with Gasteiger partial charge in [0.2, 0.25) is 0 Å². The summed E-state index contributed by atoms with van der Waals surface area (Å²) in [6.45, 7) is 0. The van der Waals surface area contributed by atoms with E-state index in [4.69, 9.17) is 4.74 Å². The van der Waals surface area contributed by atoms with Gasteiger partial charge in [-0.15, -0.1) is 0 Å². The largest absolute Gasteiger partial charge is 0.333 e. The molecule has 3 rings (SSSR count). The van der Waals surface area contributed by atoms with E-state index < -0.39 is 0 Å². The normalized spacial score (nSPS) is 23.6. The molecule has 0 aromatic heterocycles. The van der Waals surface area contributed by atoms with Crippen LogP contribution in [0.25, 0.3) is 0 Å². The Hall–Kier alpha value is -1.17. The number of aliphatic imine (C=N–C) groups is 1. The summed E-state index contributed by atoms with van der Waals surface area (Å²) in [6, 6.07) is 7.38. The van der Waals surface area contributed by atoms with Crippen molar-refractivity contribution < 1.29 is 9.53 Å². The zero-order valence-electron chi connectivity index (χ0n) is 10.5. The molecule has 1 heterocycles. The third-order valence-electron chi connectivity index (χ3n) is 3.00. The van der Waals surface area contributed by atoms with Crippen LogP contribution in [0.2, 0.25) is 0 Å². The number of ketones is 1. The van der Waals surface area contributed by atoms with E-state index in [0.29, 0.717) is 11.3 Å². The Morgan fingerprint density at radius 2 is 2.10 bits per heavy atom. The first kappa shape index (κ1) is 13.8. The molecular weight excluding hydrogens is 338 g/mol. The molecule has 2 atom stereocenters. The summed E-state index contributed by atoms with van der Waals surface area (Å²) >= 11 is 4.77. The minimum absolute atomic E-state index is 0.0553. The van der Waals surface area contributed by atoms with Gasteiger partial charge in [-0.2, -0.15) is 0 Å². The molecule has 102 valence electrons. The van der Waals surface area contributed by atoms with E-state index in [-0.39, 0.29) is 17.4 Å². The molecule has 2 aliphatic rings. The molecule has 0 bridgehead atoms. The zero-order valence-corrected chi connectivity index (χ0v) is 12.9. The van der Waals surface area contributed by atoms with Gasteiger partial charge in [0.05, 0.1) is 11.5 Å². The highest BCUT2D eigenvalue weighted by Crippen LogP contribution is 2.26. The Kier molecular flexibility index (Phi) is 4.19. The number of benzene rings is 1. The van der Waals surface area contributed by atoms with Crippen LogP contribution < -0.4 is 0 Å². The molecule has 0 fully saturated rings. The van der Waals surface area contributed by atoms with Gasteiger partial charge in [-0.3, -0.25) is 4.79 Å². The van der Waals surface area contributed by atoms with Crippen LogP contribution in [-0.4, -0.2) is 28.9 Å². The molecule has 0 spiro atoms. The topological polar surface area (TPSA) is 38.7 Å². The molecule has 0 radical (unpaired) electrons. The third-order valence-corrected chi connectivity index (χ3v) is 4.46. The lowest BCUT2D eigenvalue weighted by Crippen LogP contribution is -2.16. The molecule has 1 aliphatic heterocycles. The first-order valence-corrected chi connectivity index (χ1v) is 8.05. The number of nitrogens with zero attached hydrogens (tertiary/aromatic N) is 1. The Morgan fingerprint density at radius 3 is 2.85 bits per heavy atom. The number of thioether (sulfide) groups is 1. The first-order valence-electron chi connectivity index (χ1n) is 6.21. The van der Waals surface area contributed by atoms with E-state index in [1.54, 1.807) is 0 Å². The number of hydrogen-bond acceptors (Lipinski definition) is 4. The monoisotopic (exact) mass is 349 g/mol. The lowest BCUT2D eigenvalue weighted by molar-refractivity contribution is 0.101. The quantitative estimate of drug-likeness (QED) is 0.779. The van der Waals surface area contributed by atoms with Crippen molar-refractivity contribution in [2.24, 2.45) is 4.99 Å². The van der Waals surface area contributed by atoms with Crippen LogP contribution in [0.3, 0.4) is 0 Å². The number of halogens is 1. The number of ether oxygens (including phenoxy) is 1. The molecule has 3 nitrogen and oxygen atoms in total. The number of rotatable bonds is 4. The third kappa shape index (κ3) is 3.11. The van der Waals surface area contributed by atoms with Crippen LogP contribution in [0.5, 0.6) is 0 Å². The maximum atomic E-state index is 12.1. The molecule has 0 saturated carbocycles. The average molecular weight is 350 g/mol. The van der Waals surface area contributed by atoms with Crippen molar-refractivity contribution in [2.75, 3.05) is 5.75 Å². The highest BCUT2D eigenvalue weighted by atomic mass is 79.9. The Balaban J connectivity index is 1.57. The Labute approximate surface area is 129 Å². The van der Waals surface area contributed by atoms with Crippen LogP contribution >= 0.6 is 27.7 Å². The second-order valence-corrected chi connectivity index (χ2v) is 6.34. The van der Waals surface area contributed by atoms with E-state index in [2.05, 4.69) is 20.9 Å². The van der Waals surface area contributed by atoms with Crippen LogP contribution in [0, 0.1) is 0 Å². The lowest BCUT2D eigenvalue weighted by Gasteiger charge is -2.10. The summed E-state index contributed by atoms with van der Waals surface area (Å²) in [4.78, 5) is 16.5. The molecule has 0 amide bonds. The van der Waals surface area contributed by atoms with Crippen molar-refractivity contribution in [3.05, 3.63) is 58.6 Å². The van der Waals surface area contributed by atoms with Crippen LogP contribution in [0.1, 0.15) is 10.4 Å². The van der Waals surface area contributed by atoms with E-state index in [1.165, 1.54) is 11.8 Å². The van der Waals surface area contributed by atoms with Crippen molar-refractivity contribution in [3.63, 3.8) is 0 Å². The van der Waals surface area contributed by atoms with Crippen molar-refractivity contribution in [1.29, 1.82) is 0 Å². The summed E-state index contributed by atoms with van der Waals surface area (Å²) in [6.07, 6.45) is 7.75. The second-order valence-electron chi connectivity index (χ2n) is 4.40. The minimum atomic E-state index is -0.290. The van der Waals surface area contributed by atoms with E-state index >= 15 is 0 Å². The number of fused-ring (bicyclic) bond motifs is 1. The number of carbonyl (C=O) groups is 1. The molecule has 5 heteroatoms. The van der Waals surface area contributed by atoms with Crippen LogP contribution in [0.4, 0.5) is 0 Å². The van der Waals surface area contributed by atoms with Crippen molar-refractivity contribution in [3.8, 4) is 0 Å². The molecule has 2 unspecified atom stereocenters. The highest BCUT2D eigenvalue weighted by Gasteiger charge is 2.27. The molecular formula is C15H12BrNO2S. The van der Waals surface area contributed by atoms with Gasteiger partial charge in [0.25, 0.3) is 0 Å². The van der Waals surface area contributed by atoms with Gasteiger partial charge >= 0.3 is 0 Å². The Bertz CT molecular complexity index is 607. The predicted molar refractivity (Wildman–Crippen MR) is 85.3 cm³/mol. The Morgan fingerprint density at radius 1 is 1.30 bits per heavy atom. The number of Topliss-reactive ketones (excluding diaryl/α,β-unsaturated/α-hetero) is 1. The molecule has 0 N–H and O–H groups in total. The van der Waals surface area contributed by atoms with E-state index in [1.807, 2.05) is 48.6 Å². The van der Waals surface area contributed by atoms with Gasteiger partial charge in [-0.05, 0) is 24.3 Å². The van der Waals surface area contributed by atoms with Crippen molar-refractivity contribution in [1.82, 2.24) is 0 Å². The van der Waals surface area contributed by atoms with Crippen LogP contribution in [-0.2, 0) is 4.74 Å². The van der Waals surface area contributed by atoms with Gasteiger partial charge < -0.3 is 4.74 Å². The maximum absolute atomic E-state index is 12.1. The maximum Gasteiger partial charge on any atom is 0.198 e. The summed E-state index contributed by atoms with van der Waals surface area (Å²) < 4.78 is 6.70. The second kappa shape index (κ2) is 6.08. The smallest absolute Gasteiger partial charge is 0.198 e. The minimum Gasteiger partial charge on any atom is -0.333 e. The van der Waals surface area contributed by atoms with Crippen LogP contribution in [0.15, 0.2) is 58.0 Å². The number of allylic oxidation sites excluding steroid dienone is 2. The van der Waals surface area contributed by atoms with Crippen molar-refractivity contribution in [2.45, 2.75) is 11.7 Å². The first-order chi connectivity index (χ1) is 9.72. The average Bonchev–Trinajstić information content (AvgIpc) is 2.88. The summed E-state index contributed by atoms with van der Waals surface area (Å²) in [5.41, 5.74) is 1.35. The lowest BCUT2D eigenvalue weighted by atomic mass is 10.1. The van der Waals surface area contributed by atoms with Gasteiger partial charge in [0.15, 0.2) is 11.3 Å². The predicted octanol–water partition coefficient (Wildman–Crippen LogP) is 3.61. The summed E-state index contributed by atoms with van der Waals surface area (Å²) in [5.74, 6) is 0.454. The van der Waals surface area contributed by atoms with Gasteiger partial charge in [0, 0.05) is 10.0 Å². The molecule has 0 saturated heterocycles. The standard InChI is InChI=1S/C15H12BrNO2S/c16-11-7-5-10(6-8-11)13(18)9-20-15-17-12-3-1-2-4-14(12)19-15/h1-8,14-15H,9H2. The van der Waals surface area contributed by atoms with Gasteiger partial charge in [-0.1, -0.05) is 52.0 Å². The zero-order chi connectivity index (χ0) is 13.9. The number of hydrogen-bond donors (Lipinski definition) is 0. The molecule has 1 aromatic rings. The fraction of sp³-hybridized carbons (Fsp3) is 0.200. The summed E-state index contributed by atoms with van der Waals surface area (Å²) in [5, 5.41) is 0. The number of carbonyl (C=O) groups excluding carboxylic acids is 1. The van der Waals surface area contributed by atoms with E-state index in [0.717, 1.165) is 10.2 Å². The van der Waals surface area contributed by atoms with Gasteiger partial charge in [-0.25, -0.2) is 4.99 Å². The fourth-order valence-electron chi connectivity index (χ4n) is 1.96. The molecule has 1 aromatic carbocycles. The van der Waals surface area contributed by atoms with E-state index in [9.17, 15) is 4.79 Å². The van der Waals surface area contributed by atoms with Crippen molar-refractivity contribution >= 4 is 39.2 Å². The highest BCUT2D eigenvalue weighted by molar-refractivity contribution is 9.10. The summed E-state index contributed by atoms with van der Waals surface area (Å²) in [7, 11) is 0. The molecule has 1 aliphatic carbocycles. The SMILES string of the molecule is O=C(CSC1N=C2C=CC=CC2O1)c1ccc(Br)cc1. The van der Waals surface area contributed by atoms with Gasteiger partial charge in [0.1, 0.15) is 6.10 Å². The molecule has 20 heavy (non-hydrogen) atoms. The fourth-order valence-corrected chi connectivity index (χ4v) is 3.08.